The number of rotatable bonds is 3. The normalized spacial score (nSPS) is 18.0. The van der Waals surface area contributed by atoms with E-state index in [-0.39, 0.29) is 11.8 Å². The Morgan fingerprint density at radius 1 is 1.26 bits per heavy atom. The second-order valence-corrected chi connectivity index (χ2v) is 6.41. The minimum Gasteiger partial charge on any atom is -0.358 e. The fraction of sp³-hybridized carbons (Fsp3) is 0.444. The summed E-state index contributed by atoms with van der Waals surface area (Å²) in [5.41, 5.74) is 5.47. The van der Waals surface area contributed by atoms with E-state index in [9.17, 15) is 9.59 Å². The summed E-state index contributed by atoms with van der Waals surface area (Å²) in [5.74, 6) is -0.177. The Kier molecular flexibility index (Phi) is 4.11. The van der Waals surface area contributed by atoms with E-state index in [0.29, 0.717) is 19.4 Å². The van der Waals surface area contributed by atoms with Crippen molar-refractivity contribution in [2.75, 3.05) is 6.54 Å². The summed E-state index contributed by atoms with van der Waals surface area (Å²) < 4.78 is 0. The summed E-state index contributed by atoms with van der Waals surface area (Å²) in [7, 11) is 0. The lowest BCUT2D eigenvalue weighted by molar-refractivity contribution is -0.129. The summed E-state index contributed by atoms with van der Waals surface area (Å²) in [6, 6.07) is 3.77. The highest BCUT2D eigenvalue weighted by molar-refractivity contribution is 5.95. The Labute approximate surface area is 135 Å². The summed E-state index contributed by atoms with van der Waals surface area (Å²) >= 11 is 0. The first-order valence-corrected chi connectivity index (χ1v) is 8.12. The molecule has 5 heteroatoms. The average Bonchev–Trinajstić information content (AvgIpc) is 2.84. The largest absolute Gasteiger partial charge is 0.358 e. The van der Waals surface area contributed by atoms with Crippen LogP contribution in [0.1, 0.15) is 35.2 Å². The van der Waals surface area contributed by atoms with Crippen LogP contribution >= 0.6 is 0 Å². The average molecular weight is 313 g/mol. The molecule has 0 radical (unpaired) electrons. The van der Waals surface area contributed by atoms with Gasteiger partial charge in [-0.3, -0.25) is 9.59 Å². The highest BCUT2D eigenvalue weighted by Gasteiger charge is 2.24. The first kappa shape index (κ1) is 15.6. The van der Waals surface area contributed by atoms with Gasteiger partial charge in [0.2, 0.25) is 11.8 Å². The number of piperidine rings is 1. The second-order valence-electron chi connectivity index (χ2n) is 6.41. The van der Waals surface area contributed by atoms with E-state index in [1.54, 1.807) is 0 Å². The Balaban J connectivity index is 1.84. The third kappa shape index (κ3) is 2.96. The number of aromatic amines is 1. The number of hydrogen-bond donors (Lipinski definition) is 3. The van der Waals surface area contributed by atoms with Crippen LogP contribution in [0.2, 0.25) is 0 Å². The van der Waals surface area contributed by atoms with Gasteiger partial charge >= 0.3 is 0 Å². The molecule has 3 N–H and O–H groups in total. The molecule has 0 saturated carbocycles. The maximum Gasteiger partial charge on any atom is 0.242 e. The molecule has 0 unspecified atom stereocenters. The molecule has 2 aromatic rings. The van der Waals surface area contributed by atoms with Crippen molar-refractivity contribution in [3.8, 4) is 0 Å². The molecule has 1 aromatic carbocycles. The molecular formula is C18H23N3O2. The van der Waals surface area contributed by atoms with E-state index < -0.39 is 6.04 Å². The molecule has 1 aromatic heterocycles. The van der Waals surface area contributed by atoms with Crippen molar-refractivity contribution in [2.45, 2.75) is 46.1 Å². The number of carbonyl (C=O) groups is 2. The quantitative estimate of drug-likeness (QED) is 0.811. The number of hydrogen-bond acceptors (Lipinski definition) is 2. The number of H-pyrrole nitrogens is 1. The Morgan fingerprint density at radius 2 is 2.00 bits per heavy atom. The smallest absolute Gasteiger partial charge is 0.242 e. The first-order chi connectivity index (χ1) is 11.0. The molecule has 5 nitrogen and oxygen atoms in total. The number of carbonyl (C=O) groups excluding carboxylic acids is 2. The standard InChI is InChI=1S/C18H23N3O2/c1-10-6-7-11(2)17-16(10)13(12(3)20-17)9-15(22)21-14-5-4-8-19-18(14)23/h6-7,14,20H,4-5,8-9H2,1-3H3,(H,19,23)(H,21,22)/t14-/m1/s1. The fourth-order valence-corrected chi connectivity index (χ4v) is 3.35. The Hall–Kier alpha value is -2.30. The molecule has 0 aliphatic carbocycles. The van der Waals surface area contributed by atoms with Gasteiger partial charge in [-0.05, 0) is 50.3 Å². The van der Waals surface area contributed by atoms with E-state index in [2.05, 4.69) is 41.6 Å². The van der Waals surface area contributed by atoms with E-state index in [0.717, 1.165) is 34.1 Å². The maximum absolute atomic E-state index is 12.4. The summed E-state index contributed by atoms with van der Waals surface area (Å²) in [4.78, 5) is 27.6. The van der Waals surface area contributed by atoms with Gasteiger partial charge in [0.15, 0.2) is 0 Å². The molecule has 2 amide bonds. The van der Waals surface area contributed by atoms with Crippen molar-refractivity contribution in [1.29, 1.82) is 0 Å². The van der Waals surface area contributed by atoms with Gasteiger partial charge in [-0.2, -0.15) is 0 Å². The lowest BCUT2D eigenvalue weighted by atomic mass is 10.0. The fourth-order valence-electron chi connectivity index (χ4n) is 3.35. The van der Waals surface area contributed by atoms with Crippen LogP contribution in [0.3, 0.4) is 0 Å². The van der Waals surface area contributed by atoms with Crippen LogP contribution in [0, 0.1) is 20.8 Å². The van der Waals surface area contributed by atoms with Crippen molar-refractivity contribution in [1.82, 2.24) is 15.6 Å². The maximum atomic E-state index is 12.4. The number of aromatic nitrogens is 1. The molecular weight excluding hydrogens is 290 g/mol. The zero-order valence-electron chi connectivity index (χ0n) is 13.9. The van der Waals surface area contributed by atoms with E-state index in [1.807, 2.05) is 6.92 Å². The van der Waals surface area contributed by atoms with Crippen LogP contribution in [-0.4, -0.2) is 29.4 Å². The number of nitrogens with one attached hydrogen (secondary N) is 3. The van der Waals surface area contributed by atoms with Crippen molar-refractivity contribution < 1.29 is 9.59 Å². The second kappa shape index (κ2) is 6.07. The van der Waals surface area contributed by atoms with Crippen molar-refractivity contribution in [3.63, 3.8) is 0 Å². The summed E-state index contributed by atoms with van der Waals surface area (Å²) in [5, 5.41) is 6.79. The molecule has 0 bridgehead atoms. The van der Waals surface area contributed by atoms with E-state index >= 15 is 0 Å². The van der Waals surface area contributed by atoms with Crippen LogP contribution in [0.4, 0.5) is 0 Å². The minimum absolute atomic E-state index is 0.0766. The number of amides is 2. The van der Waals surface area contributed by atoms with Crippen molar-refractivity contribution in [3.05, 3.63) is 34.5 Å². The van der Waals surface area contributed by atoms with Gasteiger partial charge in [-0.1, -0.05) is 12.1 Å². The predicted molar refractivity (Wildman–Crippen MR) is 90.4 cm³/mol. The number of aryl methyl sites for hydroxylation is 3. The van der Waals surface area contributed by atoms with Crippen LogP contribution in [-0.2, 0) is 16.0 Å². The highest BCUT2D eigenvalue weighted by Crippen LogP contribution is 2.28. The minimum atomic E-state index is -0.399. The van der Waals surface area contributed by atoms with Crippen molar-refractivity contribution >= 4 is 22.7 Å². The molecule has 1 saturated heterocycles. The zero-order valence-corrected chi connectivity index (χ0v) is 13.9. The molecule has 1 fully saturated rings. The van der Waals surface area contributed by atoms with Crippen LogP contribution in [0.15, 0.2) is 12.1 Å². The van der Waals surface area contributed by atoms with Gasteiger partial charge in [-0.15, -0.1) is 0 Å². The van der Waals surface area contributed by atoms with E-state index in [1.165, 1.54) is 5.56 Å². The highest BCUT2D eigenvalue weighted by atomic mass is 16.2. The molecule has 0 spiro atoms. The van der Waals surface area contributed by atoms with Gasteiger partial charge in [0.1, 0.15) is 6.04 Å². The van der Waals surface area contributed by atoms with Gasteiger partial charge in [0.25, 0.3) is 0 Å². The predicted octanol–water partition coefficient (Wildman–Crippen LogP) is 2.03. The van der Waals surface area contributed by atoms with Gasteiger partial charge < -0.3 is 15.6 Å². The molecule has 1 atom stereocenters. The lowest BCUT2D eigenvalue weighted by Crippen LogP contribution is -2.50. The topological polar surface area (TPSA) is 74.0 Å². The van der Waals surface area contributed by atoms with Gasteiger partial charge in [0.05, 0.1) is 6.42 Å². The molecule has 3 rings (SSSR count). The number of benzene rings is 1. The van der Waals surface area contributed by atoms with Crippen molar-refractivity contribution in [2.24, 2.45) is 0 Å². The monoisotopic (exact) mass is 313 g/mol. The van der Waals surface area contributed by atoms with Gasteiger partial charge in [0, 0.05) is 23.1 Å². The number of fused-ring (bicyclic) bond motifs is 1. The van der Waals surface area contributed by atoms with Gasteiger partial charge in [-0.25, -0.2) is 0 Å². The molecule has 2 heterocycles. The Bertz CT molecular complexity index is 776. The van der Waals surface area contributed by atoms with Crippen LogP contribution in [0.5, 0.6) is 0 Å². The third-order valence-corrected chi connectivity index (χ3v) is 4.65. The molecule has 23 heavy (non-hydrogen) atoms. The summed E-state index contributed by atoms with van der Waals surface area (Å²) in [6.07, 6.45) is 1.91. The molecule has 1 aliphatic heterocycles. The first-order valence-electron chi connectivity index (χ1n) is 8.12. The lowest BCUT2D eigenvalue weighted by Gasteiger charge is -2.22. The SMILES string of the molecule is Cc1[nH]c2c(C)ccc(C)c2c1CC(=O)N[C@@H]1CCCNC1=O. The van der Waals surface area contributed by atoms with Crippen LogP contribution in [0.25, 0.3) is 10.9 Å². The van der Waals surface area contributed by atoms with E-state index in [4.69, 9.17) is 0 Å². The molecule has 1 aliphatic rings. The summed E-state index contributed by atoms with van der Waals surface area (Å²) in [6.45, 7) is 6.82. The van der Waals surface area contributed by atoms with Crippen LogP contribution < -0.4 is 10.6 Å². The Morgan fingerprint density at radius 3 is 2.74 bits per heavy atom. The third-order valence-electron chi connectivity index (χ3n) is 4.65. The zero-order chi connectivity index (χ0) is 16.6. The molecule has 122 valence electrons.